The van der Waals surface area contributed by atoms with Crippen LogP contribution in [0.4, 0.5) is 4.79 Å². The minimum Gasteiger partial charge on any atom is -0.476 e. The Morgan fingerprint density at radius 1 is 1.06 bits per heavy atom. The maximum atomic E-state index is 12.5. The number of aromatic nitrogens is 2. The number of piperidine rings is 1. The minimum atomic E-state index is -1.16. The molecule has 1 fully saturated rings. The largest absolute Gasteiger partial charge is 0.476 e. The third-order valence-electron chi connectivity index (χ3n) is 5.15. The summed E-state index contributed by atoms with van der Waals surface area (Å²) in [6.45, 7) is 1.48. The number of rotatable bonds is 6. The molecule has 2 aromatic carbocycles. The highest BCUT2D eigenvalue weighted by Crippen LogP contribution is 2.24. The summed E-state index contributed by atoms with van der Waals surface area (Å²) in [5.41, 5.74) is 0.839. The maximum Gasteiger partial charge on any atom is 0.356 e. The number of halogens is 1. The lowest BCUT2D eigenvalue weighted by molar-refractivity contribution is 0.00431. The summed E-state index contributed by atoms with van der Waals surface area (Å²) in [5.74, 6) is 0.261. The Bertz CT molecular complexity index is 1090. The molecular weight excluding hydrogens is 434 g/mol. The van der Waals surface area contributed by atoms with Crippen molar-refractivity contribution in [1.82, 2.24) is 14.7 Å². The van der Waals surface area contributed by atoms with Gasteiger partial charge in [-0.25, -0.2) is 9.59 Å². The first-order valence-electron chi connectivity index (χ1n) is 10.2. The first kappa shape index (κ1) is 21.9. The van der Waals surface area contributed by atoms with E-state index in [9.17, 15) is 9.59 Å². The van der Waals surface area contributed by atoms with Gasteiger partial charge in [-0.2, -0.15) is 9.78 Å². The Balaban J connectivity index is 1.26. The summed E-state index contributed by atoms with van der Waals surface area (Å²) in [5, 5.41) is 13.4. The van der Waals surface area contributed by atoms with Crippen molar-refractivity contribution in [1.29, 1.82) is 0 Å². The molecule has 32 heavy (non-hydrogen) atoms. The van der Waals surface area contributed by atoms with Crippen LogP contribution in [0.5, 0.6) is 11.5 Å². The van der Waals surface area contributed by atoms with Crippen LogP contribution in [0.2, 0.25) is 5.02 Å². The van der Waals surface area contributed by atoms with Gasteiger partial charge in [0.1, 0.15) is 11.5 Å². The number of carbonyl (C=O) groups is 2. The molecule has 4 rings (SSSR count). The van der Waals surface area contributed by atoms with E-state index in [1.165, 1.54) is 12.3 Å². The van der Waals surface area contributed by atoms with Gasteiger partial charge in [-0.15, -0.1) is 0 Å². The molecule has 1 saturated heterocycles. The molecule has 0 atom stereocenters. The van der Waals surface area contributed by atoms with Crippen molar-refractivity contribution in [2.24, 2.45) is 0 Å². The number of carbonyl (C=O) groups excluding carboxylic acids is 1. The summed E-state index contributed by atoms with van der Waals surface area (Å²) in [7, 11) is 0. The lowest BCUT2D eigenvalue weighted by atomic mass is 10.1. The molecule has 1 aromatic heterocycles. The molecule has 1 aliphatic rings. The van der Waals surface area contributed by atoms with Crippen molar-refractivity contribution in [3.63, 3.8) is 0 Å². The molecule has 0 unspecified atom stereocenters. The number of hydrogen-bond acceptors (Lipinski definition) is 5. The number of carboxylic acid groups (broad SMARTS) is 1. The number of nitrogens with zero attached hydrogens (tertiary/aromatic N) is 3. The van der Waals surface area contributed by atoms with Crippen LogP contribution >= 0.6 is 11.6 Å². The first-order chi connectivity index (χ1) is 15.5. The Morgan fingerprint density at radius 2 is 1.81 bits per heavy atom. The zero-order chi connectivity index (χ0) is 22.5. The molecule has 166 valence electrons. The number of carboxylic acids is 1. The van der Waals surface area contributed by atoms with Gasteiger partial charge in [-0.1, -0.05) is 23.7 Å². The second-order valence-electron chi connectivity index (χ2n) is 7.43. The van der Waals surface area contributed by atoms with E-state index in [2.05, 4.69) is 5.10 Å². The zero-order valence-electron chi connectivity index (χ0n) is 17.2. The van der Waals surface area contributed by atoms with Crippen LogP contribution in [0.3, 0.4) is 0 Å². The van der Waals surface area contributed by atoms with Gasteiger partial charge < -0.3 is 19.5 Å². The normalized spacial score (nSPS) is 14.3. The highest BCUT2D eigenvalue weighted by molar-refractivity contribution is 6.30. The number of likely N-dealkylation sites (tertiary alicyclic amines) is 1. The van der Waals surface area contributed by atoms with Crippen molar-refractivity contribution in [2.75, 3.05) is 13.1 Å². The standard InChI is InChI=1S/C23H22ClN3O5/c24-17-4-6-19(7-5-17)32-20-3-1-2-16(14-20)15-31-18-8-11-26(12-9-18)23(30)27-13-10-21(25-27)22(28)29/h1-7,10,13-14,18H,8-9,11-12,15H2,(H,28,29). The van der Waals surface area contributed by atoms with Crippen LogP contribution in [-0.2, 0) is 11.3 Å². The molecule has 9 heteroatoms. The predicted molar refractivity (Wildman–Crippen MR) is 117 cm³/mol. The van der Waals surface area contributed by atoms with Crippen LogP contribution in [0.1, 0.15) is 28.9 Å². The van der Waals surface area contributed by atoms with Gasteiger partial charge in [0, 0.05) is 24.3 Å². The van der Waals surface area contributed by atoms with Crippen LogP contribution < -0.4 is 4.74 Å². The molecule has 0 bridgehead atoms. The van der Waals surface area contributed by atoms with Crippen molar-refractivity contribution in [2.45, 2.75) is 25.6 Å². The molecular formula is C23H22ClN3O5. The SMILES string of the molecule is O=C(O)c1ccn(C(=O)N2CCC(OCc3cccc(Oc4ccc(Cl)cc4)c3)CC2)n1. The summed E-state index contributed by atoms with van der Waals surface area (Å²) in [4.78, 5) is 25.1. The average molecular weight is 456 g/mol. The lowest BCUT2D eigenvalue weighted by Gasteiger charge is -2.31. The number of benzene rings is 2. The van der Waals surface area contributed by atoms with Crippen LogP contribution in [-0.4, -0.2) is 51.0 Å². The van der Waals surface area contributed by atoms with Gasteiger partial charge in [0.05, 0.1) is 12.7 Å². The molecule has 2 heterocycles. The highest BCUT2D eigenvalue weighted by Gasteiger charge is 2.25. The molecule has 3 aromatic rings. The van der Waals surface area contributed by atoms with Crippen LogP contribution in [0.15, 0.2) is 60.8 Å². The van der Waals surface area contributed by atoms with E-state index >= 15 is 0 Å². The van der Waals surface area contributed by atoms with E-state index in [-0.39, 0.29) is 17.8 Å². The van der Waals surface area contributed by atoms with Gasteiger partial charge in [-0.05, 0) is 60.9 Å². The topological polar surface area (TPSA) is 93.9 Å². The zero-order valence-corrected chi connectivity index (χ0v) is 17.9. The van der Waals surface area contributed by atoms with E-state index in [1.54, 1.807) is 17.0 Å². The van der Waals surface area contributed by atoms with Crippen LogP contribution in [0, 0.1) is 0 Å². The Hall–Kier alpha value is -3.36. The van der Waals surface area contributed by atoms with E-state index in [4.69, 9.17) is 26.2 Å². The van der Waals surface area contributed by atoms with E-state index in [0.717, 1.165) is 10.2 Å². The molecule has 0 spiro atoms. The van der Waals surface area contributed by atoms with Gasteiger partial charge in [0.15, 0.2) is 5.69 Å². The lowest BCUT2D eigenvalue weighted by Crippen LogP contribution is -2.43. The molecule has 0 radical (unpaired) electrons. The Kier molecular flexibility index (Phi) is 6.72. The monoisotopic (exact) mass is 455 g/mol. The molecule has 1 aliphatic heterocycles. The highest BCUT2D eigenvalue weighted by atomic mass is 35.5. The Morgan fingerprint density at radius 3 is 2.50 bits per heavy atom. The second-order valence-corrected chi connectivity index (χ2v) is 7.87. The summed E-state index contributed by atoms with van der Waals surface area (Å²) >= 11 is 5.91. The van der Waals surface area contributed by atoms with Crippen LogP contribution in [0.25, 0.3) is 0 Å². The van der Waals surface area contributed by atoms with E-state index in [0.29, 0.717) is 49.1 Å². The predicted octanol–water partition coefficient (Wildman–Crippen LogP) is 4.68. The number of amides is 1. The number of ether oxygens (including phenoxy) is 2. The fourth-order valence-corrected chi connectivity index (χ4v) is 3.58. The second kappa shape index (κ2) is 9.84. The molecule has 0 aliphatic carbocycles. The summed E-state index contributed by atoms with van der Waals surface area (Å²) in [6, 6.07) is 15.9. The Labute approximate surface area is 189 Å². The average Bonchev–Trinajstić information content (AvgIpc) is 3.30. The smallest absolute Gasteiger partial charge is 0.356 e. The van der Waals surface area contributed by atoms with Gasteiger partial charge in [0.25, 0.3) is 0 Å². The van der Waals surface area contributed by atoms with Crippen molar-refractivity contribution < 1.29 is 24.2 Å². The van der Waals surface area contributed by atoms with E-state index < -0.39 is 5.97 Å². The first-order valence-corrected chi connectivity index (χ1v) is 10.6. The summed E-state index contributed by atoms with van der Waals surface area (Å²) < 4.78 is 13.0. The quantitative estimate of drug-likeness (QED) is 0.580. The molecule has 8 nitrogen and oxygen atoms in total. The summed E-state index contributed by atoms with van der Waals surface area (Å²) in [6.07, 6.45) is 2.79. The maximum absolute atomic E-state index is 12.5. The number of hydrogen-bond donors (Lipinski definition) is 1. The van der Waals surface area contributed by atoms with E-state index in [1.807, 2.05) is 36.4 Å². The molecule has 1 N–H and O–H groups in total. The number of aromatic carboxylic acids is 1. The van der Waals surface area contributed by atoms with Crippen molar-refractivity contribution in [3.05, 3.63) is 77.1 Å². The van der Waals surface area contributed by atoms with Crippen molar-refractivity contribution in [3.8, 4) is 11.5 Å². The van der Waals surface area contributed by atoms with Crippen molar-refractivity contribution >= 4 is 23.6 Å². The molecule has 1 amide bonds. The van der Waals surface area contributed by atoms with Gasteiger partial charge in [-0.3, -0.25) is 0 Å². The third-order valence-corrected chi connectivity index (χ3v) is 5.40. The minimum absolute atomic E-state index is 0.0343. The third kappa shape index (κ3) is 5.46. The van der Waals surface area contributed by atoms with Gasteiger partial charge >= 0.3 is 12.0 Å². The fraction of sp³-hybridized carbons (Fsp3) is 0.261. The molecule has 0 saturated carbocycles. The van der Waals surface area contributed by atoms with Gasteiger partial charge in [0.2, 0.25) is 0 Å². The fourth-order valence-electron chi connectivity index (χ4n) is 3.45.